The molecule has 0 fully saturated rings. The lowest BCUT2D eigenvalue weighted by Crippen LogP contribution is -2.21. The van der Waals surface area contributed by atoms with Crippen molar-refractivity contribution in [2.24, 2.45) is 5.10 Å². The number of methoxy groups -OCH3 is 1. The molecule has 1 aliphatic rings. The molecule has 3 heteroatoms. The van der Waals surface area contributed by atoms with Crippen LogP contribution in [0.1, 0.15) is 27.8 Å². The van der Waals surface area contributed by atoms with Gasteiger partial charge in [-0.15, -0.1) is 0 Å². The minimum atomic E-state index is 0.737. The summed E-state index contributed by atoms with van der Waals surface area (Å²) < 4.78 is 5.29. The Morgan fingerprint density at radius 1 is 1.05 bits per heavy atom. The third kappa shape index (κ3) is 2.16. The molecule has 0 radical (unpaired) electrons. The maximum atomic E-state index is 5.29. The van der Waals surface area contributed by atoms with Crippen LogP contribution in [0.25, 0.3) is 0 Å². The van der Waals surface area contributed by atoms with Crippen LogP contribution in [-0.4, -0.2) is 12.8 Å². The van der Waals surface area contributed by atoms with Crippen molar-refractivity contribution in [3.63, 3.8) is 0 Å². The second-order valence-electron chi connectivity index (χ2n) is 5.12. The Hall–Kier alpha value is -2.29. The maximum Gasteiger partial charge on any atom is 0.119 e. The van der Waals surface area contributed by atoms with E-state index in [9.17, 15) is 0 Å². The first-order chi connectivity index (χ1) is 9.69. The van der Waals surface area contributed by atoms with E-state index in [4.69, 9.17) is 4.74 Å². The Morgan fingerprint density at radius 3 is 2.65 bits per heavy atom. The molecule has 1 heterocycles. The molecule has 0 atom stereocenters. The standard InChI is InChI=1S/C17H18N2O/c1-11-4-5-13(8-12(11)2)17-16-7-6-15(20-3)9-14(16)10-18-19-17/h4-9,18H,10H2,1-3H3. The van der Waals surface area contributed by atoms with Gasteiger partial charge in [-0.2, -0.15) is 5.10 Å². The normalized spacial score (nSPS) is 13.2. The van der Waals surface area contributed by atoms with E-state index in [0.29, 0.717) is 0 Å². The predicted octanol–water partition coefficient (Wildman–Crippen LogP) is 3.17. The van der Waals surface area contributed by atoms with Crippen LogP contribution in [0.2, 0.25) is 0 Å². The monoisotopic (exact) mass is 266 g/mol. The molecule has 1 aliphatic heterocycles. The van der Waals surface area contributed by atoms with Crippen molar-refractivity contribution in [1.82, 2.24) is 5.43 Å². The number of ether oxygens (including phenoxy) is 1. The van der Waals surface area contributed by atoms with Gasteiger partial charge in [0.25, 0.3) is 0 Å². The molecule has 20 heavy (non-hydrogen) atoms. The molecule has 0 saturated carbocycles. The Labute approximate surface area is 119 Å². The summed E-state index contributed by atoms with van der Waals surface area (Å²) in [6.07, 6.45) is 0. The fourth-order valence-corrected chi connectivity index (χ4v) is 2.45. The molecule has 1 N–H and O–H groups in total. The third-order valence-electron chi connectivity index (χ3n) is 3.81. The van der Waals surface area contributed by atoms with Gasteiger partial charge in [-0.05, 0) is 54.8 Å². The van der Waals surface area contributed by atoms with Gasteiger partial charge in [0, 0.05) is 11.1 Å². The van der Waals surface area contributed by atoms with Gasteiger partial charge in [0.15, 0.2) is 0 Å². The second-order valence-corrected chi connectivity index (χ2v) is 5.12. The molecule has 2 aromatic rings. The molecule has 3 rings (SSSR count). The van der Waals surface area contributed by atoms with Crippen LogP contribution in [0.4, 0.5) is 0 Å². The summed E-state index contributed by atoms with van der Waals surface area (Å²) in [6.45, 7) is 4.99. The van der Waals surface area contributed by atoms with E-state index in [2.05, 4.69) is 54.7 Å². The Balaban J connectivity index is 2.08. The molecular formula is C17H18N2O. The highest BCUT2D eigenvalue weighted by molar-refractivity contribution is 6.14. The summed E-state index contributed by atoms with van der Waals surface area (Å²) in [5.74, 6) is 0.881. The van der Waals surface area contributed by atoms with E-state index in [1.54, 1.807) is 7.11 Å². The maximum absolute atomic E-state index is 5.29. The first-order valence-electron chi connectivity index (χ1n) is 6.74. The SMILES string of the molecule is COc1ccc2c(c1)CNN=C2c1ccc(C)c(C)c1. The highest BCUT2D eigenvalue weighted by atomic mass is 16.5. The fourth-order valence-electron chi connectivity index (χ4n) is 2.45. The summed E-state index contributed by atoms with van der Waals surface area (Å²) >= 11 is 0. The van der Waals surface area contributed by atoms with Gasteiger partial charge in [0.1, 0.15) is 5.75 Å². The van der Waals surface area contributed by atoms with Gasteiger partial charge in [-0.1, -0.05) is 12.1 Å². The van der Waals surface area contributed by atoms with Crippen LogP contribution in [0.3, 0.4) is 0 Å². The van der Waals surface area contributed by atoms with Gasteiger partial charge < -0.3 is 10.2 Å². The quantitative estimate of drug-likeness (QED) is 0.905. The molecule has 0 bridgehead atoms. The summed E-state index contributed by atoms with van der Waals surface area (Å²) in [4.78, 5) is 0. The average Bonchev–Trinajstić information content (AvgIpc) is 2.49. The minimum absolute atomic E-state index is 0.737. The van der Waals surface area contributed by atoms with Gasteiger partial charge in [-0.3, -0.25) is 0 Å². The van der Waals surface area contributed by atoms with Crippen LogP contribution in [0.15, 0.2) is 41.5 Å². The summed E-state index contributed by atoms with van der Waals surface area (Å²) in [6, 6.07) is 12.6. The molecular weight excluding hydrogens is 248 g/mol. The van der Waals surface area contributed by atoms with Crippen molar-refractivity contribution in [2.45, 2.75) is 20.4 Å². The number of aryl methyl sites for hydroxylation is 2. The number of hydrogen-bond donors (Lipinski definition) is 1. The van der Waals surface area contributed by atoms with Gasteiger partial charge in [0.05, 0.1) is 19.4 Å². The lowest BCUT2D eigenvalue weighted by molar-refractivity contribution is 0.414. The zero-order valence-corrected chi connectivity index (χ0v) is 12.0. The van der Waals surface area contributed by atoms with Crippen molar-refractivity contribution < 1.29 is 4.74 Å². The number of rotatable bonds is 2. The lowest BCUT2D eigenvalue weighted by Gasteiger charge is -2.19. The Kier molecular flexibility index (Phi) is 3.18. The van der Waals surface area contributed by atoms with Crippen molar-refractivity contribution in [1.29, 1.82) is 0 Å². The van der Waals surface area contributed by atoms with Crippen LogP contribution < -0.4 is 10.2 Å². The Morgan fingerprint density at radius 2 is 1.90 bits per heavy atom. The number of benzene rings is 2. The highest BCUT2D eigenvalue weighted by Gasteiger charge is 2.16. The second kappa shape index (κ2) is 5.00. The Bertz CT molecular complexity index is 689. The van der Waals surface area contributed by atoms with E-state index in [0.717, 1.165) is 23.6 Å². The molecule has 0 aromatic heterocycles. The molecule has 0 spiro atoms. The molecule has 0 amide bonds. The van der Waals surface area contributed by atoms with E-state index in [1.165, 1.54) is 22.3 Å². The molecule has 2 aromatic carbocycles. The molecule has 0 saturated heterocycles. The van der Waals surface area contributed by atoms with Crippen molar-refractivity contribution in [3.8, 4) is 5.75 Å². The lowest BCUT2D eigenvalue weighted by atomic mass is 9.94. The average molecular weight is 266 g/mol. The number of fused-ring (bicyclic) bond motifs is 1. The van der Waals surface area contributed by atoms with Gasteiger partial charge in [0.2, 0.25) is 0 Å². The smallest absolute Gasteiger partial charge is 0.119 e. The topological polar surface area (TPSA) is 33.6 Å². The van der Waals surface area contributed by atoms with E-state index in [1.807, 2.05) is 6.07 Å². The summed E-state index contributed by atoms with van der Waals surface area (Å²) in [7, 11) is 1.69. The highest BCUT2D eigenvalue weighted by Crippen LogP contribution is 2.24. The van der Waals surface area contributed by atoms with E-state index < -0.39 is 0 Å². The van der Waals surface area contributed by atoms with E-state index >= 15 is 0 Å². The first-order valence-corrected chi connectivity index (χ1v) is 6.74. The van der Waals surface area contributed by atoms with E-state index in [-0.39, 0.29) is 0 Å². The van der Waals surface area contributed by atoms with Crippen molar-refractivity contribution in [2.75, 3.05) is 7.11 Å². The molecule has 0 unspecified atom stereocenters. The zero-order chi connectivity index (χ0) is 14.1. The number of hydrazone groups is 1. The number of hydrogen-bond acceptors (Lipinski definition) is 3. The summed E-state index contributed by atoms with van der Waals surface area (Å²) in [5.41, 5.74) is 10.2. The number of nitrogens with one attached hydrogen (secondary N) is 1. The minimum Gasteiger partial charge on any atom is -0.497 e. The molecule has 3 nitrogen and oxygen atoms in total. The molecule has 0 aliphatic carbocycles. The fraction of sp³-hybridized carbons (Fsp3) is 0.235. The largest absolute Gasteiger partial charge is 0.497 e. The third-order valence-corrected chi connectivity index (χ3v) is 3.81. The van der Waals surface area contributed by atoms with Crippen LogP contribution in [0.5, 0.6) is 5.75 Å². The van der Waals surface area contributed by atoms with Crippen molar-refractivity contribution in [3.05, 3.63) is 64.2 Å². The van der Waals surface area contributed by atoms with Crippen LogP contribution in [-0.2, 0) is 6.54 Å². The van der Waals surface area contributed by atoms with Crippen LogP contribution in [0, 0.1) is 13.8 Å². The van der Waals surface area contributed by atoms with Gasteiger partial charge >= 0.3 is 0 Å². The zero-order valence-electron chi connectivity index (χ0n) is 12.0. The van der Waals surface area contributed by atoms with Gasteiger partial charge in [-0.25, -0.2) is 0 Å². The number of nitrogens with zero attached hydrogens (tertiary/aromatic N) is 1. The van der Waals surface area contributed by atoms with Crippen LogP contribution >= 0.6 is 0 Å². The summed E-state index contributed by atoms with van der Waals surface area (Å²) in [5, 5.41) is 4.49. The first kappa shape index (κ1) is 12.7. The molecule has 102 valence electrons. The van der Waals surface area contributed by atoms with Crippen molar-refractivity contribution >= 4 is 5.71 Å². The predicted molar refractivity (Wildman–Crippen MR) is 81.4 cm³/mol.